The topological polar surface area (TPSA) is 67.2 Å². The van der Waals surface area contributed by atoms with E-state index in [1.54, 1.807) is 17.4 Å². The number of benzene rings is 2. The second-order valence-corrected chi connectivity index (χ2v) is 9.39. The third-order valence-corrected chi connectivity index (χ3v) is 6.84. The van der Waals surface area contributed by atoms with E-state index >= 15 is 0 Å². The van der Waals surface area contributed by atoms with Crippen LogP contribution in [-0.4, -0.2) is 39.6 Å². The fourth-order valence-corrected chi connectivity index (χ4v) is 4.89. The molecule has 2 aromatic heterocycles. The smallest absolute Gasteiger partial charge is 0.253 e. The van der Waals surface area contributed by atoms with E-state index in [9.17, 15) is 9.59 Å². The van der Waals surface area contributed by atoms with Gasteiger partial charge in [-0.2, -0.15) is 5.10 Å². The van der Waals surface area contributed by atoms with Crippen LogP contribution in [0.2, 0.25) is 0 Å². The summed E-state index contributed by atoms with van der Waals surface area (Å²) >= 11 is 1.61. The van der Waals surface area contributed by atoms with Gasteiger partial charge in [-0.15, -0.1) is 11.3 Å². The predicted octanol–water partition coefficient (Wildman–Crippen LogP) is 5.17. The van der Waals surface area contributed by atoms with E-state index in [0.29, 0.717) is 12.1 Å². The number of hydrogen-bond acceptors (Lipinski definition) is 4. The van der Waals surface area contributed by atoms with Crippen LogP contribution in [0, 0.1) is 0 Å². The molecule has 1 saturated heterocycles. The first-order valence-corrected chi connectivity index (χ1v) is 12.6. The minimum Gasteiger partial charge on any atom is -0.348 e. The highest BCUT2D eigenvalue weighted by Crippen LogP contribution is 2.28. The number of nitrogens with zero attached hydrogens (tertiary/aromatic N) is 3. The molecule has 5 rings (SSSR count). The van der Waals surface area contributed by atoms with Gasteiger partial charge < -0.3 is 10.2 Å². The third kappa shape index (κ3) is 5.41. The van der Waals surface area contributed by atoms with Crippen molar-refractivity contribution in [3.05, 3.63) is 101 Å². The van der Waals surface area contributed by atoms with Gasteiger partial charge >= 0.3 is 0 Å². The highest BCUT2D eigenvalue weighted by atomic mass is 32.1. The number of carbonyl (C=O) groups excluding carboxylic acids is 2. The van der Waals surface area contributed by atoms with Gasteiger partial charge in [0.15, 0.2) is 0 Å². The van der Waals surface area contributed by atoms with E-state index in [1.165, 1.54) is 6.08 Å². The largest absolute Gasteiger partial charge is 0.348 e. The number of rotatable bonds is 7. The molecule has 7 heteroatoms. The quantitative estimate of drug-likeness (QED) is 0.370. The van der Waals surface area contributed by atoms with Crippen molar-refractivity contribution < 1.29 is 9.59 Å². The van der Waals surface area contributed by atoms with Crippen molar-refractivity contribution in [1.82, 2.24) is 20.0 Å². The first kappa shape index (κ1) is 22.8. The summed E-state index contributed by atoms with van der Waals surface area (Å²) in [5.74, 6) is -0.141. The van der Waals surface area contributed by atoms with Gasteiger partial charge in [-0.05, 0) is 60.2 Å². The number of aromatic nitrogens is 2. The van der Waals surface area contributed by atoms with Gasteiger partial charge in [0.2, 0.25) is 5.91 Å². The average molecular weight is 483 g/mol. The van der Waals surface area contributed by atoms with Crippen molar-refractivity contribution in [2.45, 2.75) is 19.4 Å². The van der Waals surface area contributed by atoms with Gasteiger partial charge in [0, 0.05) is 43.0 Å². The van der Waals surface area contributed by atoms with Crippen LogP contribution < -0.4 is 5.32 Å². The lowest BCUT2D eigenvalue weighted by Gasteiger charge is -2.15. The molecule has 0 unspecified atom stereocenters. The summed E-state index contributed by atoms with van der Waals surface area (Å²) in [6.45, 7) is 1.99. The van der Waals surface area contributed by atoms with Gasteiger partial charge in [-0.25, -0.2) is 4.68 Å². The molecule has 0 atom stereocenters. The van der Waals surface area contributed by atoms with E-state index in [1.807, 2.05) is 87.9 Å². The second kappa shape index (κ2) is 10.5. The van der Waals surface area contributed by atoms with Crippen LogP contribution in [0.4, 0.5) is 0 Å². The maximum Gasteiger partial charge on any atom is 0.253 e. The van der Waals surface area contributed by atoms with Gasteiger partial charge in [-0.1, -0.05) is 36.4 Å². The number of hydrogen-bond donors (Lipinski definition) is 1. The van der Waals surface area contributed by atoms with E-state index in [-0.39, 0.29) is 11.8 Å². The van der Waals surface area contributed by atoms with Crippen LogP contribution in [0.5, 0.6) is 0 Å². The number of thiophene rings is 1. The lowest BCUT2D eigenvalue weighted by atomic mass is 10.1. The normalized spacial score (nSPS) is 13.4. The number of para-hydroxylation sites is 1. The fraction of sp³-hybridized carbons (Fsp3) is 0.179. The van der Waals surface area contributed by atoms with E-state index in [4.69, 9.17) is 5.10 Å². The Kier molecular flexibility index (Phi) is 6.86. The standard InChI is InChI=1S/C28H26N4O2S/c33-26(29-19-21-8-6-9-22(18-21)28(34)31-15-4-5-16-31)14-13-23-20-32(24-10-2-1-3-11-24)30-27(23)25-12-7-17-35-25/h1-3,6-14,17-18,20H,4-5,15-16,19H2,(H,29,33). The van der Waals surface area contributed by atoms with Crippen molar-refractivity contribution in [2.75, 3.05) is 13.1 Å². The summed E-state index contributed by atoms with van der Waals surface area (Å²) in [6, 6.07) is 21.4. The third-order valence-electron chi connectivity index (χ3n) is 5.97. The van der Waals surface area contributed by atoms with Crippen LogP contribution in [0.1, 0.15) is 34.3 Å². The summed E-state index contributed by atoms with van der Waals surface area (Å²) in [5, 5.41) is 9.70. The van der Waals surface area contributed by atoms with Crippen LogP contribution >= 0.6 is 11.3 Å². The van der Waals surface area contributed by atoms with Crippen molar-refractivity contribution in [1.29, 1.82) is 0 Å². The first-order valence-electron chi connectivity index (χ1n) is 11.7. The summed E-state index contributed by atoms with van der Waals surface area (Å²) in [4.78, 5) is 28.2. The molecule has 3 heterocycles. The Morgan fingerprint density at radius 3 is 2.60 bits per heavy atom. The van der Waals surface area contributed by atoms with Gasteiger partial charge in [0.25, 0.3) is 5.91 Å². The number of carbonyl (C=O) groups is 2. The van der Waals surface area contributed by atoms with E-state index in [0.717, 1.165) is 53.3 Å². The monoisotopic (exact) mass is 482 g/mol. The number of likely N-dealkylation sites (tertiary alicyclic amines) is 1. The number of nitrogens with one attached hydrogen (secondary N) is 1. The van der Waals surface area contributed by atoms with Crippen molar-refractivity contribution in [2.24, 2.45) is 0 Å². The average Bonchev–Trinajstić information content (AvgIpc) is 3.68. The highest BCUT2D eigenvalue weighted by molar-refractivity contribution is 7.13. The van der Waals surface area contributed by atoms with Crippen molar-refractivity contribution in [3.63, 3.8) is 0 Å². The van der Waals surface area contributed by atoms with Gasteiger partial charge in [0.1, 0.15) is 5.69 Å². The van der Waals surface area contributed by atoms with Gasteiger partial charge in [-0.3, -0.25) is 9.59 Å². The van der Waals surface area contributed by atoms with E-state index in [2.05, 4.69) is 5.32 Å². The summed E-state index contributed by atoms with van der Waals surface area (Å²) < 4.78 is 1.83. The highest BCUT2D eigenvalue weighted by Gasteiger charge is 2.19. The minimum absolute atomic E-state index is 0.0621. The Balaban J connectivity index is 1.27. The molecule has 1 aliphatic rings. The van der Waals surface area contributed by atoms with Crippen molar-refractivity contribution >= 4 is 29.2 Å². The Morgan fingerprint density at radius 2 is 1.83 bits per heavy atom. The molecule has 0 spiro atoms. The molecule has 0 saturated carbocycles. The van der Waals surface area contributed by atoms with Crippen LogP contribution in [0.3, 0.4) is 0 Å². The van der Waals surface area contributed by atoms with Gasteiger partial charge in [0.05, 0.1) is 10.6 Å². The zero-order valence-electron chi connectivity index (χ0n) is 19.3. The molecule has 2 amide bonds. The Bertz CT molecular complexity index is 1340. The molecule has 176 valence electrons. The van der Waals surface area contributed by atoms with Crippen LogP contribution in [0.15, 0.2) is 84.4 Å². The van der Waals surface area contributed by atoms with Crippen LogP contribution in [0.25, 0.3) is 22.3 Å². The molecule has 1 aliphatic heterocycles. The maximum atomic E-state index is 12.7. The molecule has 6 nitrogen and oxygen atoms in total. The summed E-state index contributed by atoms with van der Waals surface area (Å²) in [7, 11) is 0. The number of amides is 2. The second-order valence-electron chi connectivity index (χ2n) is 8.44. The van der Waals surface area contributed by atoms with Crippen molar-refractivity contribution in [3.8, 4) is 16.3 Å². The molecule has 1 fully saturated rings. The SMILES string of the molecule is O=C(C=Cc1cn(-c2ccccc2)nc1-c1cccs1)NCc1cccc(C(=O)N2CCCC2)c1. The zero-order chi connectivity index (χ0) is 24.0. The summed E-state index contributed by atoms with van der Waals surface area (Å²) in [6.07, 6.45) is 7.38. The minimum atomic E-state index is -0.203. The Labute approximate surface area is 208 Å². The molecule has 4 aromatic rings. The summed E-state index contributed by atoms with van der Waals surface area (Å²) in [5.41, 5.74) is 4.22. The molecule has 2 aromatic carbocycles. The predicted molar refractivity (Wildman–Crippen MR) is 139 cm³/mol. The Morgan fingerprint density at radius 1 is 1.00 bits per heavy atom. The molecular weight excluding hydrogens is 456 g/mol. The molecule has 0 bridgehead atoms. The Hall–Kier alpha value is -3.97. The lowest BCUT2D eigenvalue weighted by molar-refractivity contribution is -0.116. The first-order chi connectivity index (χ1) is 17.2. The zero-order valence-corrected chi connectivity index (χ0v) is 20.1. The molecule has 0 aliphatic carbocycles. The van der Waals surface area contributed by atoms with Crippen LogP contribution in [-0.2, 0) is 11.3 Å². The lowest BCUT2D eigenvalue weighted by Crippen LogP contribution is -2.27. The fourth-order valence-electron chi connectivity index (χ4n) is 4.16. The molecule has 35 heavy (non-hydrogen) atoms. The molecule has 0 radical (unpaired) electrons. The molecule has 1 N–H and O–H groups in total. The maximum absolute atomic E-state index is 12.7. The molecular formula is C28H26N4O2S. The van der Waals surface area contributed by atoms with E-state index < -0.39 is 0 Å².